The molecular formula is C12H11NO4S. The fourth-order valence-corrected chi connectivity index (χ4v) is 2.61. The minimum Gasteiger partial charge on any atom is -0.481 e. The monoisotopic (exact) mass is 265 g/mol. The fourth-order valence-electron chi connectivity index (χ4n) is 1.75. The number of carboxylic acids is 1. The van der Waals surface area contributed by atoms with E-state index in [1.54, 1.807) is 30.3 Å². The van der Waals surface area contributed by atoms with Gasteiger partial charge in [0.05, 0.1) is 16.7 Å². The van der Waals surface area contributed by atoms with Crippen molar-refractivity contribution in [3.63, 3.8) is 0 Å². The molecule has 1 aliphatic rings. The zero-order valence-corrected chi connectivity index (χ0v) is 10.2. The van der Waals surface area contributed by atoms with Crippen molar-refractivity contribution in [2.75, 3.05) is 10.7 Å². The van der Waals surface area contributed by atoms with Crippen LogP contribution in [0.4, 0.5) is 5.69 Å². The number of carboxylic acid groups (broad SMARTS) is 1. The molecule has 1 N–H and O–H groups in total. The van der Waals surface area contributed by atoms with Gasteiger partial charge in [-0.3, -0.25) is 14.4 Å². The topological polar surface area (TPSA) is 74.7 Å². The summed E-state index contributed by atoms with van der Waals surface area (Å²) in [5.41, 5.74) is 0.533. The van der Waals surface area contributed by atoms with Gasteiger partial charge in [-0.25, -0.2) is 4.90 Å². The number of thioether (sulfide) groups is 1. The molecule has 0 saturated carbocycles. The molecule has 1 saturated heterocycles. The summed E-state index contributed by atoms with van der Waals surface area (Å²) in [7, 11) is 0. The minimum atomic E-state index is -0.988. The Hall–Kier alpha value is -1.82. The van der Waals surface area contributed by atoms with Crippen LogP contribution in [0.2, 0.25) is 0 Å². The number of carbonyl (C=O) groups is 3. The predicted molar refractivity (Wildman–Crippen MR) is 67.4 cm³/mol. The molecule has 1 aliphatic heterocycles. The van der Waals surface area contributed by atoms with Crippen molar-refractivity contribution in [3.05, 3.63) is 30.3 Å². The molecule has 0 unspecified atom stereocenters. The van der Waals surface area contributed by atoms with Gasteiger partial charge >= 0.3 is 5.97 Å². The molecule has 5 nitrogen and oxygen atoms in total. The Morgan fingerprint density at radius 2 is 2.00 bits per heavy atom. The van der Waals surface area contributed by atoms with Crippen LogP contribution in [-0.2, 0) is 14.4 Å². The normalized spacial score (nSPS) is 19.3. The molecule has 1 aromatic carbocycles. The summed E-state index contributed by atoms with van der Waals surface area (Å²) in [5.74, 6) is -1.78. The number of hydrogen-bond donors (Lipinski definition) is 1. The predicted octanol–water partition coefficient (Wildman–Crippen LogP) is 1.14. The molecule has 1 fully saturated rings. The smallest absolute Gasteiger partial charge is 0.313 e. The summed E-state index contributed by atoms with van der Waals surface area (Å²) in [6, 6.07) is 8.65. The number of rotatable bonds is 4. The van der Waals surface area contributed by atoms with Crippen LogP contribution in [-0.4, -0.2) is 33.9 Å². The van der Waals surface area contributed by atoms with Crippen molar-refractivity contribution < 1.29 is 19.5 Å². The van der Waals surface area contributed by atoms with E-state index in [0.29, 0.717) is 5.69 Å². The Labute approximate surface area is 108 Å². The van der Waals surface area contributed by atoms with Gasteiger partial charge in [0.15, 0.2) is 0 Å². The first-order chi connectivity index (χ1) is 8.59. The lowest BCUT2D eigenvalue weighted by Gasteiger charge is -2.14. The maximum Gasteiger partial charge on any atom is 0.313 e. The van der Waals surface area contributed by atoms with Gasteiger partial charge in [-0.2, -0.15) is 0 Å². The zero-order valence-electron chi connectivity index (χ0n) is 9.41. The number of para-hydroxylation sites is 1. The molecule has 18 heavy (non-hydrogen) atoms. The van der Waals surface area contributed by atoms with E-state index in [-0.39, 0.29) is 24.0 Å². The number of nitrogens with zero attached hydrogens (tertiary/aromatic N) is 1. The van der Waals surface area contributed by atoms with Crippen LogP contribution < -0.4 is 4.90 Å². The second-order valence-electron chi connectivity index (χ2n) is 3.80. The molecule has 1 atom stereocenters. The molecule has 2 amide bonds. The highest BCUT2D eigenvalue weighted by Crippen LogP contribution is 2.29. The number of aliphatic carboxylic acids is 1. The lowest BCUT2D eigenvalue weighted by atomic mass is 10.3. The summed E-state index contributed by atoms with van der Waals surface area (Å²) >= 11 is 0.991. The standard InChI is InChI=1S/C12H11NO4S/c14-10-6-9(18-7-11(15)16)12(17)13(10)8-4-2-1-3-5-8/h1-5,9H,6-7H2,(H,15,16)/t9-/m0/s1. The lowest BCUT2D eigenvalue weighted by Crippen LogP contribution is -2.31. The summed E-state index contributed by atoms with van der Waals surface area (Å²) in [4.78, 5) is 35.4. The Balaban J connectivity index is 2.12. The van der Waals surface area contributed by atoms with Crippen LogP contribution in [0.1, 0.15) is 6.42 Å². The van der Waals surface area contributed by atoms with Gasteiger partial charge in [0.2, 0.25) is 11.8 Å². The number of hydrogen-bond acceptors (Lipinski definition) is 4. The maximum atomic E-state index is 12.0. The highest BCUT2D eigenvalue weighted by atomic mass is 32.2. The Morgan fingerprint density at radius 1 is 1.33 bits per heavy atom. The van der Waals surface area contributed by atoms with Crippen molar-refractivity contribution in [1.29, 1.82) is 0 Å². The Bertz CT molecular complexity index is 488. The van der Waals surface area contributed by atoms with Crippen molar-refractivity contribution in [1.82, 2.24) is 0 Å². The van der Waals surface area contributed by atoms with E-state index >= 15 is 0 Å². The third-order valence-corrected chi connectivity index (χ3v) is 3.71. The van der Waals surface area contributed by atoms with E-state index in [0.717, 1.165) is 16.7 Å². The van der Waals surface area contributed by atoms with Gasteiger partial charge in [0.1, 0.15) is 0 Å². The van der Waals surface area contributed by atoms with Crippen LogP contribution >= 0.6 is 11.8 Å². The van der Waals surface area contributed by atoms with Gasteiger partial charge in [0.25, 0.3) is 0 Å². The van der Waals surface area contributed by atoms with E-state index in [2.05, 4.69) is 0 Å². The van der Waals surface area contributed by atoms with Gasteiger partial charge in [-0.05, 0) is 12.1 Å². The van der Waals surface area contributed by atoms with E-state index in [9.17, 15) is 14.4 Å². The van der Waals surface area contributed by atoms with Crippen LogP contribution in [0, 0.1) is 0 Å². The molecule has 1 heterocycles. The molecule has 0 radical (unpaired) electrons. The number of amides is 2. The van der Waals surface area contributed by atoms with Crippen molar-refractivity contribution in [2.45, 2.75) is 11.7 Å². The molecule has 6 heteroatoms. The average Bonchev–Trinajstić information content (AvgIpc) is 2.63. The zero-order chi connectivity index (χ0) is 13.1. The highest BCUT2D eigenvalue weighted by Gasteiger charge is 2.39. The Morgan fingerprint density at radius 3 is 2.61 bits per heavy atom. The second kappa shape index (κ2) is 5.22. The summed E-state index contributed by atoms with van der Waals surface area (Å²) < 4.78 is 0. The SMILES string of the molecule is O=C(O)CS[C@H]1CC(=O)N(c2ccccc2)C1=O. The van der Waals surface area contributed by atoms with Gasteiger partial charge in [0, 0.05) is 6.42 Å². The van der Waals surface area contributed by atoms with E-state index in [1.165, 1.54) is 0 Å². The van der Waals surface area contributed by atoms with Crippen LogP contribution in [0.5, 0.6) is 0 Å². The number of carbonyl (C=O) groups excluding carboxylic acids is 2. The largest absolute Gasteiger partial charge is 0.481 e. The molecule has 0 spiro atoms. The molecular weight excluding hydrogens is 254 g/mol. The third kappa shape index (κ3) is 2.53. The third-order valence-electron chi connectivity index (χ3n) is 2.53. The molecule has 2 rings (SSSR count). The first kappa shape index (κ1) is 12.6. The average molecular weight is 265 g/mol. The Kier molecular flexibility index (Phi) is 3.66. The molecule has 94 valence electrons. The quantitative estimate of drug-likeness (QED) is 0.826. The summed E-state index contributed by atoms with van der Waals surface area (Å²) in [6.07, 6.45) is 0.0612. The van der Waals surface area contributed by atoms with E-state index in [4.69, 9.17) is 5.11 Å². The lowest BCUT2D eigenvalue weighted by molar-refractivity contribution is -0.134. The second-order valence-corrected chi connectivity index (χ2v) is 4.99. The number of imide groups is 1. The van der Waals surface area contributed by atoms with Crippen LogP contribution in [0.3, 0.4) is 0 Å². The molecule has 0 bridgehead atoms. The summed E-state index contributed by atoms with van der Waals surface area (Å²) in [5, 5.41) is 7.99. The van der Waals surface area contributed by atoms with Crippen molar-refractivity contribution >= 4 is 35.2 Å². The van der Waals surface area contributed by atoms with Crippen molar-refractivity contribution in [3.8, 4) is 0 Å². The maximum absolute atomic E-state index is 12.0. The minimum absolute atomic E-state index is 0.0612. The molecule has 1 aromatic rings. The van der Waals surface area contributed by atoms with Crippen LogP contribution in [0.25, 0.3) is 0 Å². The van der Waals surface area contributed by atoms with Crippen molar-refractivity contribution in [2.24, 2.45) is 0 Å². The highest BCUT2D eigenvalue weighted by molar-refractivity contribution is 8.01. The molecule has 0 aliphatic carbocycles. The first-order valence-electron chi connectivity index (χ1n) is 5.35. The van der Waals surface area contributed by atoms with Gasteiger partial charge < -0.3 is 5.11 Å². The van der Waals surface area contributed by atoms with E-state index in [1.807, 2.05) is 0 Å². The molecule has 0 aromatic heterocycles. The van der Waals surface area contributed by atoms with E-state index < -0.39 is 11.2 Å². The fraction of sp³-hybridized carbons (Fsp3) is 0.250. The summed E-state index contributed by atoms with van der Waals surface area (Å²) in [6.45, 7) is 0. The first-order valence-corrected chi connectivity index (χ1v) is 6.39. The number of benzene rings is 1. The number of anilines is 1. The van der Waals surface area contributed by atoms with Gasteiger partial charge in [-0.15, -0.1) is 11.8 Å². The van der Waals surface area contributed by atoms with Gasteiger partial charge in [-0.1, -0.05) is 18.2 Å². The van der Waals surface area contributed by atoms with Crippen LogP contribution in [0.15, 0.2) is 30.3 Å².